The molecule has 1 atom stereocenters. The molecule has 0 spiro atoms. The summed E-state index contributed by atoms with van der Waals surface area (Å²) in [6.45, 7) is 5.22. The van der Waals surface area contributed by atoms with Gasteiger partial charge in [-0.05, 0) is 62.0 Å². The minimum absolute atomic E-state index is 0.207. The van der Waals surface area contributed by atoms with Gasteiger partial charge in [0.1, 0.15) is 5.75 Å². The molecule has 34 heavy (non-hydrogen) atoms. The summed E-state index contributed by atoms with van der Waals surface area (Å²) in [5.74, 6) is 1.17. The summed E-state index contributed by atoms with van der Waals surface area (Å²) in [5.41, 5.74) is 3.88. The first-order valence-electron chi connectivity index (χ1n) is 11.2. The zero-order valence-electron chi connectivity index (χ0n) is 19.1. The number of ether oxygens (including phenoxy) is 1. The van der Waals surface area contributed by atoms with E-state index in [0.29, 0.717) is 30.2 Å². The average Bonchev–Trinajstić information content (AvgIpc) is 3.30. The van der Waals surface area contributed by atoms with Gasteiger partial charge < -0.3 is 19.9 Å². The van der Waals surface area contributed by atoms with E-state index in [-0.39, 0.29) is 11.8 Å². The lowest BCUT2D eigenvalue weighted by Gasteiger charge is -2.18. The van der Waals surface area contributed by atoms with Gasteiger partial charge in [0.2, 0.25) is 5.95 Å². The van der Waals surface area contributed by atoms with Crippen LogP contribution in [0.15, 0.2) is 84.1 Å². The number of fused-ring (bicyclic) bond motifs is 1. The van der Waals surface area contributed by atoms with E-state index < -0.39 is 0 Å². The van der Waals surface area contributed by atoms with Gasteiger partial charge in [-0.3, -0.25) is 9.36 Å². The van der Waals surface area contributed by atoms with E-state index in [0.717, 1.165) is 17.0 Å². The number of nitrogens with one attached hydrogen (secondary N) is 2. The molecule has 0 saturated heterocycles. The van der Waals surface area contributed by atoms with Crippen LogP contribution in [0.3, 0.4) is 0 Å². The van der Waals surface area contributed by atoms with Crippen LogP contribution >= 0.6 is 0 Å². The fourth-order valence-electron chi connectivity index (χ4n) is 3.85. The van der Waals surface area contributed by atoms with Crippen molar-refractivity contribution >= 4 is 22.8 Å². The number of allylic oxidation sites excluding steroid dienone is 2. The standard InChI is InChI=1S/C26H26N6O2/c1-3-31-17-28-24-23(31)25(33)30-26(32(24)16-19-9-7-18(2)8-10-19)29-20-11-13-21(14-12-20)34-22-6-4-5-15-27-22/h4-15,17,22,27H,3,16H2,1-2H3,(H,29,30,33). The van der Waals surface area contributed by atoms with E-state index in [1.165, 1.54) is 5.56 Å². The Morgan fingerprint density at radius 2 is 1.88 bits per heavy atom. The Kier molecular flexibility index (Phi) is 5.86. The van der Waals surface area contributed by atoms with E-state index >= 15 is 0 Å². The third-order valence-corrected chi connectivity index (χ3v) is 5.67. The third-order valence-electron chi connectivity index (χ3n) is 5.67. The predicted molar refractivity (Wildman–Crippen MR) is 133 cm³/mol. The Morgan fingerprint density at radius 3 is 2.59 bits per heavy atom. The maximum atomic E-state index is 12.9. The number of aryl methyl sites for hydroxylation is 2. The van der Waals surface area contributed by atoms with Gasteiger partial charge in [-0.1, -0.05) is 35.9 Å². The first-order valence-corrected chi connectivity index (χ1v) is 11.2. The monoisotopic (exact) mass is 454 g/mol. The van der Waals surface area contributed by atoms with Gasteiger partial charge in [0.05, 0.1) is 12.9 Å². The topological polar surface area (TPSA) is 86.0 Å². The van der Waals surface area contributed by atoms with Crippen LogP contribution in [0.1, 0.15) is 18.1 Å². The van der Waals surface area contributed by atoms with Crippen molar-refractivity contribution in [2.75, 3.05) is 5.32 Å². The molecule has 2 aromatic carbocycles. The van der Waals surface area contributed by atoms with Gasteiger partial charge in [0, 0.05) is 12.2 Å². The predicted octanol–water partition coefficient (Wildman–Crippen LogP) is 4.09. The number of benzene rings is 2. The van der Waals surface area contributed by atoms with Crippen LogP contribution in [0.2, 0.25) is 0 Å². The summed E-state index contributed by atoms with van der Waals surface area (Å²) in [7, 11) is 0. The second kappa shape index (κ2) is 9.27. The van der Waals surface area contributed by atoms with E-state index in [2.05, 4.69) is 51.8 Å². The molecule has 3 heterocycles. The van der Waals surface area contributed by atoms with Crippen LogP contribution in [0.25, 0.3) is 11.2 Å². The third kappa shape index (κ3) is 4.43. The minimum Gasteiger partial charge on any atom is -0.467 e. The maximum Gasteiger partial charge on any atom is 0.300 e. The maximum absolute atomic E-state index is 12.9. The highest BCUT2D eigenvalue weighted by molar-refractivity contribution is 5.73. The van der Waals surface area contributed by atoms with Crippen LogP contribution in [0, 0.1) is 6.92 Å². The van der Waals surface area contributed by atoms with Crippen molar-refractivity contribution in [3.8, 4) is 5.75 Å². The molecule has 1 aliphatic heterocycles. The van der Waals surface area contributed by atoms with Crippen molar-refractivity contribution in [1.29, 1.82) is 0 Å². The van der Waals surface area contributed by atoms with Crippen molar-refractivity contribution in [2.45, 2.75) is 33.2 Å². The molecule has 8 nitrogen and oxygen atoms in total. The van der Waals surface area contributed by atoms with Crippen LogP contribution in [-0.2, 0) is 13.1 Å². The fraction of sp³-hybridized carbons (Fsp3) is 0.192. The van der Waals surface area contributed by atoms with Crippen molar-refractivity contribution < 1.29 is 4.74 Å². The summed E-state index contributed by atoms with van der Waals surface area (Å²) in [6.07, 6.45) is 9.11. The SMILES string of the molecule is CCn1cnc2c1c(=O)nc(Nc1ccc(OC3C=CC=CN3)cc1)n2Cc1ccc(C)cc1. The van der Waals surface area contributed by atoms with Gasteiger partial charge in [-0.15, -0.1) is 0 Å². The number of imidazole rings is 1. The van der Waals surface area contributed by atoms with Crippen LogP contribution in [0.5, 0.6) is 5.75 Å². The number of hydrogen-bond donors (Lipinski definition) is 2. The first-order chi connectivity index (χ1) is 16.6. The largest absolute Gasteiger partial charge is 0.467 e. The molecule has 0 radical (unpaired) electrons. The molecule has 0 aliphatic carbocycles. The number of nitrogens with zero attached hydrogens (tertiary/aromatic N) is 4. The lowest BCUT2D eigenvalue weighted by molar-refractivity contribution is 0.227. The lowest BCUT2D eigenvalue weighted by atomic mass is 10.1. The number of anilines is 2. The van der Waals surface area contributed by atoms with Crippen LogP contribution in [-0.4, -0.2) is 25.3 Å². The highest BCUT2D eigenvalue weighted by Crippen LogP contribution is 2.23. The van der Waals surface area contributed by atoms with Crippen LogP contribution in [0.4, 0.5) is 11.6 Å². The molecular weight excluding hydrogens is 428 g/mol. The van der Waals surface area contributed by atoms with Crippen LogP contribution < -0.4 is 20.9 Å². The van der Waals surface area contributed by atoms with Gasteiger partial charge in [-0.2, -0.15) is 4.98 Å². The Morgan fingerprint density at radius 1 is 1.09 bits per heavy atom. The molecular formula is C26H26N6O2. The summed E-state index contributed by atoms with van der Waals surface area (Å²) in [5, 5.41) is 6.43. The molecule has 8 heteroatoms. The summed E-state index contributed by atoms with van der Waals surface area (Å²) < 4.78 is 9.68. The Bertz CT molecular complexity index is 1410. The Labute approximate surface area is 197 Å². The molecule has 2 aromatic heterocycles. The van der Waals surface area contributed by atoms with E-state index in [9.17, 15) is 4.79 Å². The average molecular weight is 455 g/mol. The normalized spacial score (nSPS) is 14.8. The van der Waals surface area contributed by atoms with Gasteiger partial charge in [0.25, 0.3) is 0 Å². The Balaban J connectivity index is 1.47. The summed E-state index contributed by atoms with van der Waals surface area (Å²) in [4.78, 5) is 21.8. The van der Waals surface area contributed by atoms with Crippen molar-refractivity contribution in [2.24, 2.45) is 0 Å². The Hall–Kier alpha value is -4.33. The molecule has 0 fully saturated rings. The van der Waals surface area contributed by atoms with Gasteiger partial charge in [0.15, 0.2) is 17.4 Å². The molecule has 0 amide bonds. The fourth-order valence-corrected chi connectivity index (χ4v) is 3.85. The minimum atomic E-state index is -0.305. The number of dihydropyridines is 1. The van der Waals surface area contributed by atoms with Gasteiger partial charge in [-0.25, -0.2) is 4.98 Å². The highest BCUT2D eigenvalue weighted by atomic mass is 16.5. The molecule has 1 unspecified atom stereocenters. The van der Waals surface area contributed by atoms with E-state index in [1.807, 2.05) is 64.8 Å². The zero-order valence-corrected chi connectivity index (χ0v) is 19.1. The van der Waals surface area contributed by atoms with Crippen molar-refractivity contribution in [1.82, 2.24) is 24.4 Å². The summed E-state index contributed by atoms with van der Waals surface area (Å²) >= 11 is 0. The quantitative estimate of drug-likeness (QED) is 0.438. The zero-order chi connectivity index (χ0) is 23.5. The van der Waals surface area contributed by atoms with E-state index in [1.54, 1.807) is 6.33 Å². The number of hydrogen-bond acceptors (Lipinski definition) is 6. The number of rotatable bonds is 7. The molecule has 1 aliphatic rings. The first kappa shape index (κ1) is 21.5. The molecule has 0 bridgehead atoms. The highest BCUT2D eigenvalue weighted by Gasteiger charge is 2.16. The molecule has 4 aromatic rings. The lowest BCUT2D eigenvalue weighted by Crippen LogP contribution is -2.29. The second-order valence-corrected chi connectivity index (χ2v) is 8.11. The molecule has 2 N–H and O–H groups in total. The molecule has 5 rings (SSSR count). The van der Waals surface area contributed by atoms with Crippen molar-refractivity contribution in [3.05, 3.63) is 101 Å². The van der Waals surface area contributed by atoms with Gasteiger partial charge >= 0.3 is 5.56 Å². The smallest absolute Gasteiger partial charge is 0.300 e. The number of aromatic nitrogens is 4. The van der Waals surface area contributed by atoms with E-state index in [4.69, 9.17) is 4.74 Å². The molecule has 0 saturated carbocycles. The molecule has 172 valence electrons. The van der Waals surface area contributed by atoms with Crippen molar-refractivity contribution in [3.63, 3.8) is 0 Å². The summed E-state index contributed by atoms with van der Waals surface area (Å²) in [6, 6.07) is 15.9. The second-order valence-electron chi connectivity index (χ2n) is 8.11.